The van der Waals surface area contributed by atoms with E-state index >= 15 is 0 Å². The number of para-hydroxylation sites is 2. The van der Waals surface area contributed by atoms with E-state index in [4.69, 9.17) is 4.42 Å². The van der Waals surface area contributed by atoms with Gasteiger partial charge in [0, 0.05) is 6.04 Å². The second-order valence-corrected chi connectivity index (χ2v) is 5.42. The summed E-state index contributed by atoms with van der Waals surface area (Å²) in [6, 6.07) is 7.81. The molecule has 1 amide bonds. The third kappa shape index (κ3) is 3.99. The van der Waals surface area contributed by atoms with Crippen molar-refractivity contribution >= 4 is 28.8 Å². The summed E-state index contributed by atoms with van der Waals surface area (Å²) in [6.45, 7) is 4.13. The van der Waals surface area contributed by atoms with Crippen LogP contribution in [-0.4, -0.2) is 22.7 Å². The van der Waals surface area contributed by atoms with Gasteiger partial charge in [-0.15, -0.1) is 0 Å². The molecule has 2 aromatic rings. The molecule has 5 heteroatoms. The molecule has 0 unspecified atom stereocenters. The summed E-state index contributed by atoms with van der Waals surface area (Å²) in [5.74, 6) is 0.356. The van der Waals surface area contributed by atoms with Crippen molar-refractivity contribution in [3.05, 3.63) is 24.3 Å². The number of amides is 1. The number of hydrogen-bond donors (Lipinski definition) is 1. The molecule has 4 nitrogen and oxygen atoms in total. The number of oxazole rings is 1. The van der Waals surface area contributed by atoms with E-state index in [0.29, 0.717) is 11.0 Å². The van der Waals surface area contributed by atoms with Crippen LogP contribution >= 0.6 is 11.8 Å². The van der Waals surface area contributed by atoms with Crippen LogP contribution in [0.25, 0.3) is 11.1 Å². The van der Waals surface area contributed by atoms with Crippen molar-refractivity contribution in [1.82, 2.24) is 10.3 Å². The van der Waals surface area contributed by atoms with Crippen molar-refractivity contribution < 1.29 is 9.21 Å². The van der Waals surface area contributed by atoms with E-state index in [1.165, 1.54) is 11.8 Å². The molecule has 1 heterocycles. The van der Waals surface area contributed by atoms with Crippen LogP contribution in [0, 0.1) is 0 Å². The smallest absolute Gasteiger partial charge is 0.257 e. The number of nitrogens with zero attached hydrogens (tertiary/aromatic N) is 1. The van der Waals surface area contributed by atoms with Crippen molar-refractivity contribution in [2.75, 3.05) is 5.75 Å². The van der Waals surface area contributed by atoms with E-state index in [0.717, 1.165) is 23.9 Å². The first-order valence-corrected chi connectivity index (χ1v) is 7.45. The molecule has 0 radical (unpaired) electrons. The van der Waals surface area contributed by atoms with E-state index in [2.05, 4.69) is 17.2 Å². The number of aromatic nitrogens is 1. The summed E-state index contributed by atoms with van der Waals surface area (Å²) in [7, 11) is 0. The molecule has 1 N–H and O–H groups in total. The summed E-state index contributed by atoms with van der Waals surface area (Å²) in [5, 5.41) is 3.50. The Kier molecular flexibility index (Phi) is 4.85. The molecule has 0 fully saturated rings. The van der Waals surface area contributed by atoms with Gasteiger partial charge in [0.2, 0.25) is 5.91 Å². The van der Waals surface area contributed by atoms with Gasteiger partial charge in [-0.3, -0.25) is 4.79 Å². The molecule has 102 valence electrons. The number of benzene rings is 1. The van der Waals surface area contributed by atoms with Crippen LogP contribution in [0.1, 0.15) is 26.7 Å². The molecule has 0 aliphatic heterocycles. The van der Waals surface area contributed by atoms with Gasteiger partial charge in [-0.1, -0.05) is 37.2 Å². The zero-order chi connectivity index (χ0) is 13.7. The SMILES string of the molecule is CCC[C@H](C)NC(=O)CSc1nc2ccccc2o1. The van der Waals surface area contributed by atoms with E-state index in [9.17, 15) is 4.79 Å². The second-order valence-electron chi connectivity index (χ2n) is 4.49. The highest BCUT2D eigenvalue weighted by Crippen LogP contribution is 2.22. The van der Waals surface area contributed by atoms with Crippen molar-refractivity contribution in [3.63, 3.8) is 0 Å². The Morgan fingerprint density at radius 2 is 2.26 bits per heavy atom. The molecule has 0 spiro atoms. The quantitative estimate of drug-likeness (QED) is 0.824. The Morgan fingerprint density at radius 3 is 3.00 bits per heavy atom. The highest BCUT2D eigenvalue weighted by molar-refractivity contribution is 7.99. The van der Waals surface area contributed by atoms with Crippen LogP contribution in [0.2, 0.25) is 0 Å². The minimum Gasteiger partial charge on any atom is -0.431 e. The van der Waals surface area contributed by atoms with Gasteiger partial charge in [0.25, 0.3) is 5.22 Å². The lowest BCUT2D eigenvalue weighted by Crippen LogP contribution is -2.33. The molecule has 0 saturated heterocycles. The summed E-state index contributed by atoms with van der Waals surface area (Å²) < 4.78 is 5.54. The number of rotatable bonds is 6. The van der Waals surface area contributed by atoms with Crippen molar-refractivity contribution in [2.45, 2.75) is 38.0 Å². The van der Waals surface area contributed by atoms with Crippen LogP contribution in [0.3, 0.4) is 0 Å². The molecule has 1 aromatic heterocycles. The molecule has 0 saturated carbocycles. The maximum absolute atomic E-state index is 11.7. The average molecular weight is 278 g/mol. The first kappa shape index (κ1) is 13.9. The van der Waals surface area contributed by atoms with Crippen LogP contribution in [-0.2, 0) is 4.79 Å². The standard InChI is InChI=1S/C14H18N2O2S/c1-3-6-10(2)15-13(17)9-19-14-16-11-7-4-5-8-12(11)18-14/h4-5,7-8,10H,3,6,9H2,1-2H3,(H,15,17)/t10-/m0/s1. The van der Waals surface area contributed by atoms with Gasteiger partial charge in [0.05, 0.1) is 5.75 Å². The monoisotopic (exact) mass is 278 g/mol. The molecular formula is C14H18N2O2S. The van der Waals surface area contributed by atoms with Gasteiger partial charge >= 0.3 is 0 Å². The first-order chi connectivity index (χ1) is 9.19. The molecule has 0 bridgehead atoms. The zero-order valence-electron chi connectivity index (χ0n) is 11.2. The fourth-order valence-corrected chi connectivity index (χ4v) is 2.51. The predicted molar refractivity (Wildman–Crippen MR) is 77.2 cm³/mol. The number of nitrogens with one attached hydrogen (secondary N) is 1. The molecule has 1 aromatic carbocycles. The number of carbonyl (C=O) groups excluding carboxylic acids is 1. The lowest BCUT2D eigenvalue weighted by atomic mass is 10.2. The Balaban J connectivity index is 1.86. The van der Waals surface area contributed by atoms with Gasteiger partial charge in [0.1, 0.15) is 5.52 Å². The van der Waals surface area contributed by atoms with Gasteiger partial charge in [0.15, 0.2) is 5.58 Å². The summed E-state index contributed by atoms with van der Waals surface area (Å²) in [6.07, 6.45) is 2.07. The molecule has 2 rings (SSSR count). The molecular weight excluding hydrogens is 260 g/mol. The van der Waals surface area contributed by atoms with Gasteiger partial charge in [-0.05, 0) is 25.5 Å². The van der Waals surface area contributed by atoms with Crippen LogP contribution < -0.4 is 5.32 Å². The third-order valence-corrected chi connectivity index (χ3v) is 3.56. The van der Waals surface area contributed by atoms with E-state index in [1.54, 1.807) is 0 Å². The fourth-order valence-electron chi connectivity index (χ4n) is 1.86. The minimum atomic E-state index is 0.0215. The number of fused-ring (bicyclic) bond motifs is 1. The zero-order valence-corrected chi connectivity index (χ0v) is 12.0. The van der Waals surface area contributed by atoms with Gasteiger partial charge < -0.3 is 9.73 Å². The van der Waals surface area contributed by atoms with Crippen LogP contribution in [0.5, 0.6) is 0 Å². The summed E-state index contributed by atoms with van der Waals surface area (Å²) >= 11 is 1.32. The normalized spacial score (nSPS) is 12.5. The number of hydrogen-bond acceptors (Lipinski definition) is 4. The topological polar surface area (TPSA) is 55.1 Å². The summed E-state index contributed by atoms with van der Waals surface area (Å²) in [5.41, 5.74) is 1.58. The lowest BCUT2D eigenvalue weighted by molar-refractivity contribution is -0.119. The van der Waals surface area contributed by atoms with Gasteiger partial charge in [-0.25, -0.2) is 4.98 Å². The number of thioether (sulfide) groups is 1. The molecule has 0 aliphatic carbocycles. The third-order valence-electron chi connectivity index (χ3n) is 2.73. The predicted octanol–water partition coefficient (Wildman–Crippen LogP) is 3.22. The van der Waals surface area contributed by atoms with Crippen LogP contribution in [0.4, 0.5) is 0 Å². The lowest BCUT2D eigenvalue weighted by Gasteiger charge is -2.11. The van der Waals surface area contributed by atoms with Gasteiger partial charge in [-0.2, -0.15) is 0 Å². The highest BCUT2D eigenvalue weighted by Gasteiger charge is 2.10. The fraction of sp³-hybridized carbons (Fsp3) is 0.429. The van der Waals surface area contributed by atoms with Crippen molar-refractivity contribution in [2.24, 2.45) is 0 Å². The molecule has 19 heavy (non-hydrogen) atoms. The maximum atomic E-state index is 11.7. The maximum Gasteiger partial charge on any atom is 0.257 e. The largest absolute Gasteiger partial charge is 0.431 e. The second kappa shape index (κ2) is 6.61. The van der Waals surface area contributed by atoms with E-state index < -0.39 is 0 Å². The molecule has 0 aliphatic rings. The van der Waals surface area contributed by atoms with Crippen molar-refractivity contribution in [3.8, 4) is 0 Å². The Labute approximate surface area is 117 Å². The Hall–Kier alpha value is -1.49. The van der Waals surface area contributed by atoms with E-state index in [-0.39, 0.29) is 11.9 Å². The minimum absolute atomic E-state index is 0.0215. The molecule has 1 atom stereocenters. The number of carbonyl (C=O) groups is 1. The average Bonchev–Trinajstić information content (AvgIpc) is 2.79. The van der Waals surface area contributed by atoms with Crippen molar-refractivity contribution in [1.29, 1.82) is 0 Å². The summed E-state index contributed by atoms with van der Waals surface area (Å²) in [4.78, 5) is 16.0. The highest BCUT2D eigenvalue weighted by atomic mass is 32.2. The first-order valence-electron chi connectivity index (χ1n) is 6.46. The Morgan fingerprint density at radius 1 is 1.47 bits per heavy atom. The van der Waals surface area contributed by atoms with Crippen LogP contribution in [0.15, 0.2) is 33.9 Å². The Bertz CT molecular complexity index is 520. The van der Waals surface area contributed by atoms with E-state index in [1.807, 2.05) is 31.2 Å².